The molecule has 2 rings (SSSR count). The fourth-order valence-electron chi connectivity index (χ4n) is 4.86. The topological polar surface area (TPSA) is 144 Å². The third kappa shape index (κ3) is 15.3. The van der Waals surface area contributed by atoms with Crippen LogP contribution in [0.2, 0.25) is 0 Å². The van der Waals surface area contributed by atoms with E-state index in [2.05, 4.69) is 9.80 Å². The molecule has 0 bridgehead atoms. The van der Waals surface area contributed by atoms with Crippen molar-refractivity contribution in [3.8, 4) is 0 Å². The third-order valence-electron chi connectivity index (χ3n) is 7.35. The van der Waals surface area contributed by atoms with Gasteiger partial charge in [-0.1, -0.05) is 27.7 Å². The molecule has 0 fully saturated rings. The number of nitrogens with zero attached hydrogens (tertiary/aromatic N) is 4. The molecule has 0 aliphatic carbocycles. The number of rotatable bonds is 15. The van der Waals surface area contributed by atoms with Crippen LogP contribution in [0.4, 0.5) is 0 Å². The molecule has 0 saturated carbocycles. The first-order valence-corrected chi connectivity index (χ1v) is 15.6. The first-order chi connectivity index (χ1) is 20.5. The minimum absolute atomic E-state index is 0. The maximum Gasteiger partial charge on any atom is 1.00 e. The largest absolute Gasteiger partial charge is 1.00 e. The molecule has 2 heterocycles. The van der Waals surface area contributed by atoms with Crippen LogP contribution in [0, 0.1) is 25.7 Å². The zero-order valence-electron chi connectivity index (χ0n) is 30.3. The molecule has 0 amide bonds. The molecule has 2 atom stereocenters. The van der Waals surface area contributed by atoms with E-state index in [1.54, 1.807) is 29.8 Å². The van der Waals surface area contributed by atoms with Crippen molar-refractivity contribution in [2.75, 3.05) is 47.9 Å². The zero-order valence-corrected chi connectivity index (χ0v) is 30.3. The van der Waals surface area contributed by atoms with Crippen LogP contribution in [0.5, 0.6) is 0 Å². The maximum atomic E-state index is 12.4. The van der Waals surface area contributed by atoms with Gasteiger partial charge in [0.1, 0.15) is 12.1 Å². The summed E-state index contributed by atoms with van der Waals surface area (Å²) in [6, 6.07) is 1.82. The summed E-state index contributed by atoms with van der Waals surface area (Å²) in [5.74, 6) is -0.772. The second-order valence-electron chi connectivity index (χ2n) is 12.9. The van der Waals surface area contributed by atoms with E-state index < -0.39 is 18.1 Å². The van der Waals surface area contributed by atoms with Crippen molar-refractivity contribution < 1.29 is 43.8 Å². The van der Waals surface area contributed by atoms with Gasteiger partial charge in [-0.15, -0.1) is 0 Å². The molecule has 0 saturated heterocycles. The summed E-state index contributed by atoms with van der Waals surface area (Å²) < 4.78 is 8.10. The number of hydrogen-bond acceptors (Lipinski definition) is 8. The van der Waals surface area contributed by atoms with Gasteiger partial charge < -0.3 is 34.3 Å². The normalized spacial score (nSPS) is 12.2. The van der Waals surface area contributed by atoms with Crippen LogP contribution >= 0.6 is 0 Å². The van der Waals surface area contributed by atoms with E-state index in [0.29, 0.717) is 25.4 Å². The summed E-state index contributed by atoms with van der Waals surface area (Å²) in [4.78, 5) is 52.5. The van der Waals surface area contributed by atoms with Gasteiger partial charge in [0.05, 0.1) is 6.61 Å². The zero-order chi connectivity index (χ0) is 33.7. The monoisotopic (exact) mass is 640 g/mol. The van der Waals surface area contributed by atoms with Gasteiger partial charge in [-0.2, -0.15) is 0 Å². The Morgan fingerprint density at radius 3 is 1.48 bits per heavy atom. The van der Waals surface area contributed by atoms with Gasteiger partial charge in [0.15, 0.2) is 0 Å². The van der Waals surface area contributed by atoms with Gasteiger partial charge in [-0.25, -0.2) is 9.59 Å². The number of hydrogen-bond donors (Lipinski definition) is 1. The van der Waals surface area contributed by atoms with Gasteiger partial charge in [0, 0.05) is 37.6 Å². The fraction of sp³-hybridized carbons (Fsp3) is 0.647. The van der Waals surface area contributed by atoms with E-state index in [1.165, 1.54) is 4.57 Å². The van der Waals surface area contributed by atoms with Crippen LogP contribution in [0.1, 0.15) is 81.8 Å². The number of carboxylic acid groups (broad SMARTS) is 1. The van der Waals surface area contributed by atoms with Crippen molar-refractivity contribution >= 4 is 11.9 Å². The number of aromatic nitrogens is 2. The molecule has 12 heteroatoms. The molecule has 0 radical (unpaired) electrons. The molecular formula is C34H57LiN4O7. The Hall–Kier alpha value is -2.68. The number of aryl methyl sites for hydroxylation is 2. The average molecular weight is 641 g/mol. The first kappa shape index (κ1) is 45.4. The summed E-state index contributed by atoms with van der Waals surface area (Å²) in [5.41, 5.74) is 3.63. The quantitative estimate of drug-likeness (QED) is 0.224. The van der Waals surface area contributed by atoms with E-state index in [9.17, 15) is 24.3 Å². The second-order valence-corrected chi connectivity index (χ2v) is 12.9. The van der Waals surface area contributed by atoms with Crippen molar-refractivity contribution in [3.63, 3.8) is 0 Å². The number of aliphatic carboxylic acids is 1. The van der Waals surface area contributed by atoms with Crippen LogP contribution in [0.3, 0.4) is 0 Å². The Kier molecular flexibility index (Phi) is 21.7. The predicted octanol–water partition coefficient (Wildman–Crippen LogP) is 1.17. The summed E-state index contributed by atoms with van der Waals surface area (Å²) in [5, 5.41) is 9.41. The summed E-state index contributed by atoms with van der Waals surface area (Å²) in [7, 11) is 8.02. The van der Waals surface area contributed by atoms with E-state index in [0.717, 1.165) is 48.2 Å². The van der Waals surface area contributed by atoms with Crippen molar-refractivity contribution in [1.82, 2.24) is 18.9 Å². The number of esters is 1. The van der Waals surface area contributed by atoms with Gasteiger partial charge in [-0.3, -0.25) is 9.59 Å². The molecule has 2 N–H and O–H groups in total. The molecular weight excluding hydrogens is 583 g/mol. The molecule has 11 nitrogen and oxygen atoms in total. The molecule has 2 unspecified atom stereocenters. The van der Waals surface area contributed by atoms with Crippen LogP contribution in [-0.2, 0) is 27.2 Å². The second kappa shape index (κ2) is 22.0. The van der Waals surface area contributed by atoms with Crippen LogP contribution < -0.4 is 30.0 Å². The summed E-state index contributed by atoms with van der Waals surface area (Å²) in [6.45, 7) is 15.7. The minimum Gasteiger partial charge on any atom is -0.870 e. The third-order valence-corrected chi connectivity index (χ3v) is 7.35. The fourth-order valence-corrected chi connectivity index (χ4v) is 4.86. The van der Waals surface area contributed by atoms with Crippen molar-refractivity contribution in [1.29, 1.82) is 0 Å². The van der Waals surface area contributed by atoms with E-state index in [1.807, 2.05) is 75.9 Å². The molecule has 0 aliphatic rings. The number of ether oxygens (including phenoxy) is 1. The van der Waals surface area contributed by atoms with E-state index in [-0.39, 0.29) is 47.3 Å². The number of carboxylic acids is 1. The van der Waals surface area contributed by atoms with Gasteiger partial charge in [0.2, 0.25) is 0 Å². The molecule has 256 valence electrons. The SMILES string of the molecule is CCOC(=O)C(CC(C)C)n1cc(CCN(C)C)c(C)cc1=O.Cc1cc(=O)n(C(CC(C)C)C(=O)O)cc1CCN(C)C.[Li+].[OH-]. The number of carbonyl (C=O) groups excluding carboxylic acids is 1. The predicted molar refractivity (Wildman–Crippen MR) is 179 cm³/mol. The Morgan fingerprint density at radius 1 is 0.783 bits per heavy atom. The summed E-state index contributed by atoms with van der Waals surface area (Å²) >= 11 is 0. The van der Waals surface area contributed by atoms with E-state index >= 15 is 0 Å². The van der Waals surface area contributed by atoms with Crippen LogP contribution in [0.15, 0.2) is 34.1 Å². The smallest absolute Gasteiger partial charge is 0.870 e. The Balaban J connectivity index is 0. The van der Waals surface area contributed by atoms with Crippen LogP contribution in [0.25, 0.3) is 0 Å². The van der Waals surface area contributed by atoms with Crippen molar-refractivity contribution in [2.45, 2.75) is 86.2 Å². The molecule has 0 aliphatic heterocycles. The Bertz CT molecular complexity index is 1340. The Labute approximate surface area is 287 Å². The average Bonchev–Trinajstić information content (AvgIpc) is 2.90. The number of pyridine rings is 2. The van der Waals surface area contributed by atoms with Crippen molar-refractivity contribution in [2.24, 2.45) is 11.8 Å². The first-order valence-electron chi connectivity index (χ1n) is 15.6. The van der Waals surface area contributed by atoms with Gasteiger partial charge >= 0.3 is 30.8 Å². The molecule has 2 aromatic rings. The molecule has 0 aromatic carbocycles. The van der Waals surface area contributed by atoms with E-state index in [4.69, 9.17) is 4.74 Å². The molecule has 0 spiro atoms. The van der Waals surface area contributed by atoms with Gasteiger partial charge in [0.25, 0.3) is 11.1 Å². The number of carbonyl (C=O) groups is 2. The van der Waals surface area contributed by atoms with Gasteiger partial charge in [-0.05, 0) is 109 Å². The molecule has 46 heavy (non-hydrogen) atoms. The number of likely N-dealkylation sites (N-methyl/N-ethyl adjacent to an activating group) is 2. The van der Waals surface area contributed by atoms with Crippen molar-refractivity contribution in [3.05, 3.63) is 67.5 Å². The molecule has 2 aromatic heterocycles. The standard InChI is InChI=1S/C18H30N2O3.C16H26N2O3.Li.H2O/c1-7-23-18(22)16(10-13(2)3)20-12-15(8-9-19(5)6)14(4)11-17(20)21;1-11(2)8-14(16(20)21)18-10-13(6-7-17(4)5)12(3)9-15(18)19;;/h11-13,16H,7-10H2,1-6H3;9-11,14H,6-8H2,1-5H3,(H,20,21);;1H2/q;;+1;/p-1. The summed E-state index contributed by atoms with van der Waals surface area (Å²) in [6.07, 6.45) is 6.25. The van der Waals surface area contributed by atoms with Crippen LogP contribution in [-0.4, -0.2) is 89.3 Å². The maximum absolute atomic E-state index is 12.4. The minimum atomic E-state index is -0.951. The Morgan fingerprint density at radius 2 is 1.15 bits per heavy atom.